The van der Waals surface area contributed by atoms with Crippen molar-refractivity contribution in [3.8, 4) is 5.75 Å². The molecule has 0 aliphatic carbocycles. The summed E-state index contributed by atoms with van der Waals surface area (Å²) in [6, 6.07) is 10.7. The van der Waals surface area contributed by atoms with E-state index < -0.39 is 17.1 Å². The van der Waals surface area contributed by atoms with Crippen LogP contribution in [0.15, 0.2) is 47.4 Å². The molecule has 0 bridgehead atoms. The van der Waals surface area contributed by atoms with E-state index in [4.69, 9.17) is 16.3 Å². The van der Waals surface area contributed by atoms with Crippen molar-refractivity contribution in [3.63, 3.8) is 0 Å². The SMILES string of the molecule is O=S(=O)(c1ccc(Cl)c(B(O)O)c1)N1CCOc2ccccc21. The number of rotatable bonds is 3. The first kappa shape index (κ1) is 16.1. The van der Waals surface area contributed by atoms with Gasteiger partial charge in [0, 0.05) is 10.5 Å². The molecule has 0 amide bonds. The van der Waals surface area contributed by atoms with Crippen molar-refractivity contribution >= 4 is 39.9 Å². The van der Waals surface area contributed by atoms with Gasteiger partial charge in [-0.3, -0.25) is 4.31 Å². The van der Waals surface area contributed by atoms with Crippen molar-refractivity contribution in [2.75, 3.05) is 17.5 Å². The van der Waals surface area contributed by atoms with Gasteiger partial charge < -0.3 is 14.8 Å². The summed E-state index contributed by atoms with van der Waals surface area (Å²) in [7, 11) is -5.73. The molecule has 6 nitrogen and oxygen atoms in total. The fourth-order valence-corrected chi connectivity index (χ4v) is 4.11. The Bertz CT molecular complexity index is 843. The highest BCUT2D eigenvalue weighted by Gasteiger charge is 2.31. The van der Waals surface area contributed by atoms with E-state index in [1.54, 1.807) is 24.3 Å². The fraction of sp³-hybridized carbons (Fsp3) is 0.143. The average molecular weight is 354 g/mol. The van der Waals surface area contributed by atoms with Crippen LogP contribution in [-0.2, 0) is 10.0 Å². The highest BCUT2D eigenvalue weighted by Crippen LogP contribution is 2.34. The van der Waals surface area contributed by atoms with E-state index in [0.29, 0.717) is 11.4 Å². The van der Waals surface area contributed by atoms with Crippen LogP contribution in [0.2, 0.25) is 5.02 Å². The summed E-state index contributed by atoms with van der Waals surface area (Å²) in [4.78, 5) is -0.0679. The zero-order valence-corrected chi connectivity index (χ0v) is 13.5. The lowest BCUT2D eigenvalue weighted by molar-refractivity contribution is 0.316. The molecule has 2 aromatic carbocycles. The summed E-state index contributed by atoms with van der Waals surface area (Å²) < 4.78 is 32.5. The highest BCUT2D eigenvalue weighted by molar-refractivity contribution is 7.92. The van der Waals surface area contributed by atoms with E-state index >= 15 is 0 Å². The first-order valence-corrected chi connectivity index (χ1v) is 8.63. The number of hydrogen-bond acceptors (Lipinski definition) is 5. The van der Waals surface area contributed by atoms with Crippen molar-refractivity contribution in [3.05, 3.63) is 47.5 Å². The lowest BCUT2D eigenvalue weighted by Crippen LogP contribution is -2.39. The molecule has 1 aliphatic heterocycles. The number of ether oxygens (including phenoxy) is 1. The Kier molecular flexibility index (Phi) is 4.24. The molecule has 0 aromatic heterocycles. The molecule has 2 aromatic rings. The van der Waals surface area contributed by atoms with Gasteiger partial charge >= 0.3 is 7.12 Å². The second-order valence-corrected chi connectivity index (χ2v) is 7.22. The summed E-state index contributed by atoms with van der Waals surface area (Å²) in [5.74, 6) is 0.485. The number of hydrogen-bond donors (Lipinski definition) is 2. The summed E-state index contributed by atoms with van der Waals surface area (Å²) in [5, 5.41) is 18.7. The van der Waals surface area contributed by atoms with Gasteiger partial charge in [0.1, 0.15) is 12.4 Å². The van der Waals surface area contributed by atoms with Gasteiger partial charge in [-0.2, -0.15) is 0 Å². The van der Waals surface area contributed by atoms with Crippen LogP contribution in [0.25, 0.3) is 0 Å². The molecule has 0 radical (unpaired) electrons. The van der Waals surface area contributed by atoms with E-state index in [0.717, 1.165) is 0 Å². The minimum Gasteiger partial charge on any atom is -0.489 e. The Morgan fingerprint density at radius 2 is 1.91 bits per heavy atom. The number of benzene rings is 2. The van der Waals surface area contributed by atoms with Crippen LogP contribution >= 0.6 is 11.6 Å². The molecular weight excluding hydrogens is 340 g/mol. The van der Waals surface area contributed by atoms with Gasteiger partial charge in [-0.05, 0) is 30.3 Å². The number of sulfonamides is 1. The highest BCUT2D eigenvalue weighted by atomic mass is 35.5. The quantitative estimate of drug-likeness (QED) is 0.790. The maximum absolute atomic E-state index is 12.9. The molecule has 1 aliphatic rings. The molecule has 0 saturated heterocycles. The monoisotopic (exact) mass is 353 g/mol. The summed E-state index contributed by atoms with van der Waals surface area (Å²) in [5.41, 5.74) is 0.383. The second kappa shape index (κ2) is 6.05. The Morgan fingerprint density at radius 1 is 1.17 bits per heavy atom. The van der Waals surface area contributed by atoms with Crippen LogP contribution in [0.1, 0.15) is 0 Å². The normalized spacial score (nSPS) is 14.1. The molecule has 9 heteroatoms. The maximum Gasteiger partial charge on any atom is 0.490 e. The predicted octanol–water partition coefficient (Wildman–Crippen LogP) is 0.608. The molecule has 0 atom stereocenters. The summed E-state index contributed by atoms with van der Waals surface area (Å²) in [6.45, 7) is 0.401. The van der Waals surface area contributed by atoms with Crippen LogP contribution in [0.4, 0.5) is 5.69 Å². The number of halogens is 1. The molecule has 0 fully saturated rings. The fourth-order valence-electron chi connectivity index (χ4n) is 2.40. The van der Waals surface area contributed by atoms with Gasteiger partial charge in [-0.1, -0.05) is 23.7 Å². The van der Waals surface area contributed by atoms with Crippen molar-refractivity contribution in [1.82, 2.24) is 0 Å². The first-order chi connectivity index (χ1) is 10.9. The van der Waals surface area contributed by atoms with Crippen molar-refractivity contribution in [1.29, 1.82) is 0 Å². The third kappa shape index (κ3) is 2.90. The van der Waals surface area contributed by atoms with E-state index in [-0.39, 0.29) is 28.5 Å². The van der Waals surface area contributed by atoms with Gasteiger partial charge in [0.25, 0.3) is 10.0 Å². The van der Waals surface area contributed by atoms with E-state index in [2.05, 4.69) is 0 Å². The Labute approximate surface area is 139 Å². The van der Waals surface area contributed by atoms with Crippen molar-refractivity contribution < 1.29 is 23.2 Å². The molecule has 1 heterocycles. The van der Waals surface area contributed by atoms with Gasteiger partial charge in [0.2, 0.25) is 0 Å². The number of nitrogens with zero attached hydrogens (tertiary/aromatic N) is 1. The largest absolute Gasteiger partial charge is 0.490 e. The summed E-state index contributed by atoms with van der Waals surface area (Å²) >= 11 is 5.86. The third-order valence-corrected chi connectivity index (χ3v) is 5.67. The number of para-hydroxylation sites is 2. The smallest absolute Gasteiger partial charge is 0.489 e. The molecular formula is C14H13BClNO5S. The molecule has 120 valence electrons. The van der Waals surface area contributed by atoms with Crippen LogP contribution in [0.3, 0.4) is 0 Å². The molecule has 3 rings (SSSR count). The van der Waals surface area contributed by atoms with Crippen LogP contribution < -0.4 is 14.5 Å². The molecule has 0 unspecified atom stereocenters. The van der Waals surface area contributed by atoms with Gasteiger partial charge in [0.15, 0.2) is 0 Å². The minimum atomic E-state index is -3.88. The standard InChI is InChI=1S/C14H13BClNO5S/c16-12-6-5-10(9-11(12)15(18)19)23(20,21)17-7-8-22-14-4-2-1-3-13(14)17/h1-6,9,18-19H,7-8H2. The second-order valence-electron chi connectivity index (χ2n) is 4.95. The Balaban J connectivity index is 2.08. The molecule has 2 N–H and O–H groups in total. The number of anilines is 1. The van der Waals surface area contributed by atoms with E-state index in [1.165, 1.54) is 22.5 Å². The Hall–Kier alpha value is -1.74. The maximum atomic E-state index is 12.9. The lowest BCUT2D eigenvalue weighted by Gasteiger charge is -2.30. The lowest BCUT2D eigenvalue weighted by atomic mass is 9.80. The first-order valence-electron chi connectivity index (χ1n) is 6.81. The van der Waals surface area contributed by atoms with Crippen molar-refractivity contribution in [2.45, 2.75) is 4.90 Å². The minimum absolute atomic E-state index is 0.0608. The van der Waals surface area contributed by atoms with Crippen LogP contribution in [0.5, 0.6) is 5.75 Å². The Morgan fingerprint density at radius 3 is 2.65 bits per heavy atom. The number of fused-ring (bicyclic) bond motifs is 1. The topological polar surface area (TPSA) is 87.1 Å². The van der Waals surface area contributed by atoms with E-state index in [9.17, 15) is 18.5 Å². The van der Waals surface area contributed by atoms with Crippen LogP contribution in [0, 0.1) is 0 Å². The van der Waals surface area contributed by atoms with E-state index in [1.807, 2.05) is 0 Å². The van der Waals surface area contributed by atoms with Gasteiger partial charge in [-0.25, -0.2) is 8.42 Å². The zero-order valence-electron chi connectivity index (χ0n) is 11.9. The average Bonchev–Trinajstić information content (AvgIpc) is 2.54. The summed E-state index contributed by atoms with van der Waals surface area (Å²) in [6.07, 6.45) is 0. The predicted molar refractivity (Wildman–Crippen MR) is 87.7 cm³/mol. The molecule has 0 saturated carbocycles. The van der Waals surface area contributed by atoms with Crippen LogP contribution in [-0.4, -0.2) is 38.7 Å². The third-order valence-electron chi connectivity index (χ3n) is 3.52. The zero-order chi connectivity index (χ0) is 16.6. The molecule has 23 heavy (non-hydrogen) atoms. The molecule has 0 spiro atoms. The van der Waals surface area contributed by atoms with Gasteiger partial charge in [-0.15, -0.1) is 0 Å². The van der Waals surface area contributed by atoms with Gasteiger partial charge in [0.05, 0.1) is 17.1 Å². The van der Waals surface area contributed by atoms with Crippen molar-refractivity contribution in [2.24, 2.45) is 0 Å².